The fourth-order valence-corrected chi connectivity index (χ4v) is 2.99. The molecule has 2 saturated heterocycles. The van der Waals surface area contributed by atoms with E-state index in [1.807, 2.05) is 0 Å². The molecule has 0 spiro atoms. The Balaban J connectivity index is 0.00000208. The van der Waals surface area contributed by atoms with Crippen molar-refractivity contribution >= 4 is 30.1 Å². The van der Waals surface area contributed by atoms with Gasteiger partial charge in [0.1, 0.15) is 0 Å². The Bertz CT molecular complexity index is 596. The van der Waals surface area contributed by atoms with Gasteiger partial charge in [-0.2, -0.15) is 0 Å². The Morgan fingerprint density at radius 3 is 2.42 bits per heavy atom. The predicted molar refractivity (Wildman–Crippen MR) is 91.8 cm³/mol. The highest BCUT2D eigenvalue weighted by atomic mass is 35.5. The van der Waals surface area contributed by atoms with E-state index >= 15 is 0 Å². The maximum Gasteiger partial charge on any atom is 0.251 e. The highest BCUT2D eigenvalue weighted by molar-refractivity contribution is 6.01. The average molecular weight is 352 g/mol. The number of carbonyl (C=O) groups is 3. The SMILES string of the molecule is Cl.O=C(NCC1CCCN1)c1ccc(CN2C(=O)CCC2=O)cc1. The molecule has 130 valence electrons. The number of nitrogens with one attached hydrogen (secondary N) is 2. The van der Waals surface area contributed by atoms with Crippen molar-refractivity contribution in [3.05, 3.63) is 35.4 Å². The van der Waals surface area contributed by atoms with Crippen molar-refractivity contribution in [1.82, 2.24) is 15.5 Å². The number of hydrogen-bond acceptors (Lipinski definition) is 4. The fourth-order valence-electron chi connectivity index (χ4n) is 2.99. The van der Waals surface area contributed by atoms with E-state index in [2.05, 4.69) is 10.6 Å². The molecule has 1 atom stereocenters. The summed E-state index contributed by atoms with van der Waals surface area (Å²) in [7, 11) is 0. The minimum atomic E-state index is -0.124. The molecule has 2 aliphatic rings. The van der Waals surface area contributed by atoms with Crippen LogP contribution in [0.4, 0.5) is 0 Å². The topological polar surface area (TPSA) is 78.5 Å². The van der Waals surface area contributed by atoms with Crippen molar-refractivity contribution in [2.24, 2.45) is 0 Å². The Morgan fingerprint density at radius 1 is 1.17 bits per heavy atom. The van der Waals surface area contributed by atoms with Gasteiger partial charge in [-0.15, -0.1) is 12.4 Å². The number of amides is 3. The number of nitrogens with zero attached hydrogens (tertiary/aromatic N) is 1. The van der Waals surface area contributed by atoms with Gasteiger partial charge in [0, 0.05) is 31.0 Å². The first kappa shape index (κ1) is 18.4. The number of rotatable bonds is 5. The third-order valence-electron chi connectivity index (χ3n) is 4.38. The molecule has 2 aliphatic heterocycles. The van der Waals surface area contributed by atoms with E-state index in [-0.39, 0.29) is 36.7 Å². The molecule has 24 heavy (non-hydrogen) atoms. The first-order chi connectivity index (χ1) is 11.1. The Hall–Kier alpha value is -1.92. The van der Waals surface area contributed by atoms with Crippen LogP contribution in [-0.2, 0) is 16.1 Å². The van der Waals surface area contributed by atoms with E-state index in [0.29, 0.717) is 31.0 Å². The number of carbonyl (C=O) groups excluding carboxylic acids is 3. The second kappa shape index (κ2) is 8.26. The highest BCUT2D eigenvalue weighted by Gasteiger charge is 2.28. The van der Waals surface area contributed by atoms with Crippen LogP contribution >= 0.6 is 12.4 Å². The molecule has 1 unspecified atom stereocenters. The molecule has 3 rings (SSSR count). The fraction of sp³-hybridized carbons (Fsp3) is 0.471. The van der Waals surface area contributed by atoms with Crippen LogP contribution in [0.2, 0.25) is 0 Å². The summed E-state index contributed by atoms with van der Waals surface area (Å²) in [5.41, 5.74) is 1.44. The summed E-state index contributed by atoms with van der Waals surface area (Å²) in [5, 5.41) is 6.26. The van der Waals surface area contributed by atoms with Crippen LogP contribution in [0.5, 0.6) is 0 Å². The molecule has 1 aromatic carbocycles. The van der Waals surface area contributed by atoms with Gasteiger partial charge in [0.05, 0.1) is 6.54 Å². The third-order valence-corrected chi connectivity index (χ3v) is 4.38. The van der Waals surface area contributed by atoms with E-state index in [9.17, 15) is 14.4 Å². The lowest BCUT2D eigenvalue weighted by atomic mass is 10.1. The van der Waals surface area contributed by atoms with Gasteiger partial charge < -0.3 is 10.6 Å². The van der Waals surface area contributed by atoms with E-state index < -0.39 is 0 Å². The molecule has 2 heterocycles. The Kier molecular flexibility index (Phi) is 6.34. The van der Waals surface area contributed by atoms with E-state index in [0.717, 1.165) is 24.9 Å². The van der Waals surface area contributed by atoms with Gasteiger partial charge in [0.2, 0.25) is 11.8 Å². The third kappa shape index (κ3) is 4.33. The molecule has 1 aromatic rings. The zero-order valence-corrected chi connectivity index (χ0v) is 14.2. The van der Waals surface area contributed by atoms with Gasteiger partial charge in [0.25, 0.3) is 5.91 Å². The summed E-state index contributed by atoms with van der Waals surface area (Å²) >= 11 is 0. The summed E-state index contributed by atoms with van der Waals surface area (Å²) in [5.74, 6) is -0.347. The van der Waals surface area contributed by atoms with Crippen molar-refractivity contribution in [1.29, 1.82) is 0 Å². The molecule has 0 aromatic heterocycles. The first-order valence-electron chi connectivity index (χ1n) is 8.07. The summed E-state index contributed by atoms with van der Waals surface area (Å²) in [6.07, 6.45) is 2.85. The van der Waals surface area contributed by atoms with E-state index in [1.165, 1.54) is 4.90 Å². The minimum absolute atomic E-state index is 0. The van der Waals surface area contributed by atoms with Crippen LogP contribution in [0.1, 0.15) is 41.6 Å². The summed E-state index contributed by atoms with van der Waals surface area (Å²) in [4.78, 5) is 36.6. The van der Waals surface area contributed by atoms with Crippen molar-refractivity contribution in [3.63, 3.8) is 0 Å². The molecule has 3 amide bonds. The lowest BCUT2D eigenvalue weighted by Crippen LogP contribution is -2.37. The second-order valence-electron chi connectivity index (χ2n) is 6.07. The lowest BCUT2D eigenvalue weighted by Gasteiger charge is -2.14. The minimum Gasteiger partial charge on any atom is -0.350 e. The number of imide groups is 1. The van der Waals surface area contributed by atoms with E-state index in [4.69, 9.17) is 0 Å². The molecule has 7 heteroatoms. The molecule has 0 radical (unpaired) electrons. The van der Waals surface area contributed by atoms with Gasteiger partial charge in [-0.3, -0.25) is 19.3 Å². The lowest BCUT2D eigenvalue weighted by molar-refractivity contribution is -0.139. The number of benzene rings is 1. The molecule has 0 saturated carbocycles. The maximum absolute atomic E-state index is 12.1. The quantitative estimate of drug-likeness (QED) is 0.782. The van der Waals surface area contributed by atoms with Gasteiger partial charge >= 0.3 is 0 Å². The van der Waals surface area contributed by atoms with Gasteiger partial charge in [-0.05, 0) is 37.1 Å². The molecular weight excluding hydrogens is 330 g/mol. The smallest absolute Gasteiger partial charge is 0.251 e. The molecule has 6 nitrogen and oxygen atoms in total. The highest BCUT2D eigenvalue weighted by Crippen LogP contribution is 2.16. The maximum atomic E-state index is 12.1. The van der Waals surface area contributed by atoms with Crippen LogP contribution in [-0.4, -0.2) is 41.8 Å². The Morgan fingerprint density at radius 2 is 1.83 bits per heavy atom. The predicted octanol–water partition coefficient (Wildman–Crippen LogP) is 1.24. The first-order valence-corrected chi connectivity index (χ1v) is 8.07. The summed E-state index contributed by atoms with van der Waals surface area (Å²) in [6, 6.07) is 7.42. The van der Waals surface area contributed by atoms with Crippen molar-refractivity contribution in [2.75, 3.05) is 13.1 Å². The number of likely N-dealkylation sites (tertiary alicyclic amines) is 1. The van der Waals surface area contributed by atoms with Crippen LogP contribution in [0.3, 0.4) is 0 Å². The Labute approximate surface area is 147 Å². The summed E-state index contributed by atoms with van der Waals surface area (Å²) < 4.78 is 0. The van der Waals surface area contributed by atoms with Crippen LogP contribution < -0.4 is 10.6 Å². The zero-order chi connectivity index (χ0) is 16.2. The van der Waals surface area contributed by atoms with Crippen molar-refractivity contribution in [3.8, 4) is 0 Å². The monoisotopic (exact) mass is 351 g/mol. The molecule has 0 aliphatic carbocycles. The van der Waals surface area contributed by atoms with Crippen molar-refractivity contribution < 1.29 is 14.4 Å². The van der Waals surface area contributed by atoms with Gasteiger partial charge in [-0.1, -0.05) is 12.1 Å². The standard InChI is InChI=1S/C17H21N3O3.ClH/c21-15-7-8-16(22)20(15)11-12-3-5-13(6-4-12)17(23)19-10-14-2-1-9-18-14;/h3-6,14,18H,1-2,7-11H2,(H,19,23);1H. The largest absolute Gasteiger partial charge is 0.350 e. The molecule has 2 fully saturated rings. The second-order valence-corrected chi connectivity index (χ2v) is 6.07. The van der Waals surface area contributed by atoms with Gasteiger partial charge in [0.15, 0.2) is 0 Å². The molecule has 2 N–H and O–H groups in total. The normalized spacial score (nSPS) is 20.2. The molecular formula is C17H22ClN3O3. The van der Waals surface area contributed by atoms with Crippen LogP contribution in [0.25, 0.3) is 0 Å². The van der Waals surface area contributed by atoms with Crippen LogP contribution in [0, 0.1) is 0 Å². The molecule has 0 bridgehead atoms. The van der Waals surface area contributed by atoms with E-state index in [1.54, 1.807) is 24.3 Å². The van der Waals surface area contributed by atoms with Gasteiger partial charge in [-0.25, -0.2) is 0 Å². The number of halogens is 1. The van der Waals surface area contributed by atoms with Crippen LogP contribution in [0.15, 0.2) is 24.3 Å². The van der Waals surface area contributed by atoms with Crippen molar-refractivity contribution in [2.45, 2.75) is 38.3 Å². The zero-order valence-electron chi connectivity index (χ0n) is 13.4. The average Bonchev–Trinajstić information content (AvgIpc) is 3.18. The summed E-state index contributed by atoms with van der Waals surface area (Å²) in [6.45, 7) is 1.94. The number of hydrogen-bond donors (Lipinski definition) is 2.